The second kappa shape index (κ2) is 4.12. The summed E-state index contributed by atoms with van der Waals surface area (Å²) in [6.45, 7) is 0. The van der Waals surface area contributed by atoms with Gasteiger partial charge >= 0.3 is 0 Å². The number of ketones is 1. The van der Waals surface area contributed by atoms with Gasteiger partial charge in [0, 0.05) is 17.2 Å². The van der Waals surface area contributed by atoms with Crippen LogP contribution in [0.2, 0.25) is 0 Å². The molecular formula is C11H17BrO. The van der Waals surface area contributed by atoms with Gasteiger partial charge in [0.15, 0.2) is 0 Å². The van der Waals surface area contributed by atoms with Crippen LogP contribution in [0, 0.1) is 17.8 Å². The molecule has 2 aliphatic carbocycles. The van der Waals surface area contributed by atoms with Crippen molar-refractivity contribution in [2.75, 3.05) is 5.33 Å². The van der Waals surface area contributed by atoms with Gasteiger partial charge in [-0.1, -0.05) is 28.8 Å². The molecule has 0 amide bonds. The van der Waals surface area contributed by atoms with Crippen LogP contribution >= 0.6 is 15.9 Å². The molecule has 0 spiro atoms. The maximum atomic E-state index is 11.6. The lowest BCUT2D eigenvalue weighted by atomic mass is 9.64. The SMILES string of the molecule is O=C1[C@@H](CCCCBr)[C@H]2CCC[C@@H]12. The maximum Gasteiger partial charge on any atom is 0.139 e. The predicted molar refractivity (Wildman–Crippen MR) is 57.0 cm³/mol. The smallest absolute Gasteiger partial charge is 0.139 e. The zero-order valence-corrected chi connectivity index (χ0v) is 9.55. The summed E-state index contributed by atoms with van der Waals surface area (Å²) < 4.78 is 0. The van der Waals surface area contributed by atoms with Crippen LogP contribution in [0.3, 0.4) is 0 Å². The van der Waals surface area contributed by atoms with E-state index in [1.807, 2.05) is 0 Å². The molecule has 2 heteroatoms. The minimum Gasteiger partial charge on any atom is -0.299 e. The fourth-order valence-electron chi connectivity index (χ4n) is 3.01. The molecule has 2 aliphatic rings. The summed E-state index contributed by atoms with van der Waals surface area (Å²) in [7, 11) is 0. The summed E-state index contributed by atoms with van der Waals surface area (Å²) in [6, 6.07) is 0. The van der Waals surface area contributed by atoms with Gasteiger partial charge < -0.3 is 0 Å². The van der Waals surface area contributed by atoms with E-state index in [2.05, 4.69) is 15.9 Å². The molecule has 0 aromatic carbocycles. The van der Waals surface area contributed by atoms with Gasteiger partial charge in [-0.05, 0) is 31.6 Å². The van der Waals surface area contributed by atoms with Crippen molar-refractivity contribution in [2.45, 2.75) is 38.5 Å². The van der Waals surface area contributed by atoms with Gasteiger partial charge in [0.25, 0.3) is 0 Å². The van der Waals surface area contributed by atoms with E-state index >= 15 is 0 Å². The van der Waals surface area contributed by atoms with E-state index < -0.39 is 0 Å². The second-order valence-corrected chi connectivity index (χ2v) is 5.19. The molecule has 0 aromatic rings. The Morgan fingerprint density at radius 1 is 1.31 bits per heavy atom. The highest BCUT2D eigenvalue weighted by molar-refractivity contribution is 9.09. The Bertz CT molecular complexity index is 202. The molecule has 2 saturated carbocycles. The first-order valence-corrected chi connectivity index (χ1v) is 6.56. The third-order valence-electron chi connectivity index (χ3n) is 3.72. The van der Waals surface area contributed by atoms with Gasteiger partial charge in [0.1, 0.15) is 5.78 Å². The summed E-state index contributed by atoms with van der Waals surface area (Å²) in [5.41, 5.74) is 0. The predicted octanol–water partition coefficient (Wildman–Crippen LogP) is 3.17. The lowest BCUT2D eigenvalue weighted by molar-refractivity contribution is -0.141. The number of Topliss-reactive ketones (excluding diaryl/α,β-unsaturated/α-hetero) is 1. The molecule has 13 heavy (non-hydrogen) atoms. The highest BCUT2D eigenvalue weighted by atomic mass is 79.9. The van der Waals surface area contributed by atoms with E-state index in [-0.39, 0.29) is 0 Å². The third kappa shape index (κ3) is 1.70. The fraction of sp³-hybridized carbons (Fsp3) is 0.909. The molecule has 74 valence electrons. The van der Waals surface area contributed by atoms with Gasteiger partial charge in [-0.3, -0.25) is 4.79 Å². The number of carbonyl (C=O) groups is 1. The van der Waals surface area contributed by atoms with Crippen molar-refractivity contribution in [1.82, 2.24) is 0 Å². The van der Waals surface area contributed by atoms with E-state index in [1.54, 1.807) is 0 Å². The Hall–Kier alpha value is 0.150. The van der Waals surface area contributed by atoms with Crippen LogP contribution in [0.4, 0.5) is 0 Å². The molecule has 0 heterocycles. The second-order valence-electron chi connectivity index (χ2n) is 4.39. The quantitative estimate of drug-likeness (QED) is 0.549. The zero-order valence-electron chi connectivity index (χ0n) is 7.97. The van der Waals surface area contributed by atoms with Crippen molar-refractivity contribution in [3.8, 4) is 0 Å². The van der Waals surface area contributed by atoms with E-state index in [0.717, 1.165) is 17.7 Å². The van der Waals surface area contributed by atoms with Crippen molar-refractivity contribution < 1.29 is 4.79 Å². The van der Waals surface area contributed by atoms with Crippen LogP contribution in [0.25, 0.3) is 0 Å². The number of fused-ring (bicyclic) bond motifs is 1. The summed E-state index contributed by atoms with van der Waals surface area (Å²) >= 11 is 3.43. The molecule has 0 bridgehead atoms. The standard InChI is InChI=1S/C11H17BrO/c12-7-2-1-4-9-8-5-3-6-10(8)11(9)13/h8-10H,1-7H2/t8-,9+,10-/m1/s1. The third-order valence-corrected chi connectivity index (χ3v) is 4.28. The molecule has 0 aliphatic heterocycles. The summed E-state index contributed by atoms with van der Waals surface area (Å²) in [6.07, 6.45) is 7.43. The molecular weight excluding hydrogens is 228 g/mol. The summed E-state index contributed by atoms with van der Waals surface area (Å²) in [4.78, 5) is 11.6. The van der Waals surface area contributed by atoms with Crippen molar-refractivity contribution in [3.63, 3.8) is 0 Å². The molecule has 2 fully saturated rings. The Kier molecular flexibility index (Phi) is 3.07. The Morgan fingerprint density at radius 3 is 2.92 bits per heavy atom. The summed E-state index contributed by atoms with van der Waals surface area (Å²) in [5.74, 6) is 2.35. The van der Waals surface area contributed by atoms with Crippen molar-refractivity contribution in [3.05, 3.63) is 0 Å². The molecule has 1 nitrogen and oxygen atoms in total. The van der Waals surface area contributed by atoms with E-state index in [4.69, 9.17) is 0 Å². The first-order chi connectivity index (χ1) is 6.34. The van der Waals surface area contributed by atoms with E-state index in [9.17, 15) is 4.79 Å². The molecule has 2 rings (SSSR count). The zero-order chi connectivity index (χ0) is 9.26. The van der Waals surface area contributed by atoms with E-state index in [1.165, 1.54) is 32.1 Å². The topological polar surface area (TPSA) is 17.1 Å². The summed E-state index contributed by atoms with van der Waals surface area (Å²) in [5, 5.41) is 1.09. The van der Waals surface area contributed by atoms with Crippen LogP contribution in [0.1, 0.15) is 38.5 Å². The lowest BCUT2D eigenvalue weighted by Crippen LogP contribution is -2.44. The van der Waals surface area contributed by atoms with Crippen LogP contribution in [-0.4, -0.2) is 11.1 Å². The largest absolute Gasteiger partial charge is 0.299 e. The van der Waals surface area contributed by atoms with Gasteiger partial charge in [-0.15, -0.1) is 0 Å². The molecule has 0 N–H and O–H groups in total. The van der Waals surface area contributed by atoms with Crippen molar-refractivity contribution in [2.24, 2.45) is 17.8 Å². The number of hydrogen-bond acceptors (Lipinski definition) is 1. The van der Waals surface area contributed by atoms with Crippen LogP contribution in [0.15, 0.2) is 0 Å². The lowest BCUT2D eigenvalue weighted by Gasteiger charge is -2.38. The highest BCUT2D eigenvalue weighted by Crippen LogP contribution is 2.50. The minimum atomic E-state index is 0.464. The molecule has 0 unspecified atom stereocenters. The first kappa shape index (κ1) is 9.70. The normalized spacial score (nSPS) is 37.3. The van der Waals surface area contributed by atoms with Crippen LogP contribution in [0.5, 0.6) is 0 Å². The highest BCUT2D eigenvalue weighted by Gasteiger charge is 2.50. The monoisotopic (exact) mass is 244 g/mol. The Labute approximate surface area is 88.4 Å². The van der Waals surface area contributed by atoms with Gasteiger partial charge in [-0.25, -0.2) is 0 Å². The van der Waals surface area contributed by atoms with Crippen LogP contribution < -0.4 is 0 Å². The molecule has 0 aromatic heterocycles. The van der Waals surface area contributed by atoms with Crippen LogP contribution in [-0.2, 0) is 4.79 Å². The number of carbonyl (C=O) groups excluding carboxylic acids is 1. The van der Waals surface area contributed by atoms with Gasteiger partial charge in [0.2, 0.25) is 0 Å². The molecule has 3 atom stereocenters. The maximum absolute atomic E-state index is 11.6. The van der Waals surface area contributed by atoms with E-state index in [0.29, 0.717) is 17.6 Å². The van der Waals surface area contributed by atoms with Gasteiger partial charge in [-0.2, -0.15) is 0 Å². The number of hydrogen-bond donors (Lipinski definition) is 0. The first-order valence-electron chi connectivity index (χ1n) is 5.44. The minimum absolute atomic E-state index is 0.464. The number of halogens is 1. The Balaban J connectivity index is 1.77. The average molecular weight is 245 g/mol. The average Bonchev–Trinajstić information content (AvgIpc) is 2.56. The fourth-order valence-corrected chi connectivity index (χ4v) is 3.40. The number of rotatable bonds is 4. The Morgan fingerprint density at radius 2 is 2.15 bits per heavy atom. The van der Waals surface area contributed by atoms with Crippen molar-refractivity contribution >= 4 is 21.7 Å². The molecule has 0 saturated heterocycles. The number of alkyl halides is 1. The van der Waals surface area contributed by atoms with Gasteiger partial charge in [0.05, 0.1) is 0 Å². The number of unbranched alkanes of at least 4 members (excludes halogenated alkanes) is 1. The molecule has 0 radical (unpaired) electrons. The van der Waals surface area contributed by atoms with Crippen molar-refractivity contribution in [1.29, 1.82) is 0 Å².